The van der Waals surface area contributed by atoms with Crippen LogP contribution in [0.2, 0.25) is 0 Å². The van der Waals surface area contributed by atoms with Crippen LogP contribution in [0, 0.1) is 0 Å². The summed E-state index contributed by atoms with van der Waals surface area (Å²) in [6.45, 7) is 4.29. The van der Waals surface area contributed by atoms with E-state index < -0.39 is 12.1 Å². The molecule has 0 rings (SSSR count). The lowest BCUT2D eigenvalue weighted by Crippen LogP contribution is -2.45. The first-order chi connectivity index (χ1) is 20.2. The van der Waals surface area contributed by atoms with E-state index in [0.29, 0.717) is 6.42 Å². The van der Waals surface area contributed by atoms with Gasteiger partial charge >= 0.3 is 0 Å². The second-order valence-electron chi connectivity index (χ2n) is 12.3. The topological polar surface area (TPSA) is 69.6 Å². The summed E-state index contributed by atoms with van der Waals surface area (Å²) in [6, 6.07) is -0.621. The van der Waals surface area contributed by atoms with Crippen LogP contribution in [0.15, 0.2) is 24.3 Å². The van der Waals surface area contributed by atoms with Crippen molar-refractivity contribution in [2.75, 3.05) is 6.61 Å². The van der Waals surface area contributed by atoms with Crippen LogP contribution in [0.25, 0.3) is 0 Å². The van der Waals surface area contributed by atoms with Gasteiger partial charge in [0.2, 0.25) is 5.91 Å². The Labute approximate surface area is 256 Å². The van der Waals surface area contributed by atoms with E-state index in [1.54, 1.807) is 6.08 Å². The summed E-state index contributed by atoms with van der Waals surface area (Å²) >= 11 is 0. The van der Waals surface area contributed by atoms with E-state index >= 15 is 0 Å². The Morgan fingerprint density at radius 1 is 0.561 bits per heavy atom. The lowest BCUT2D eigenvalue weighted by atomic mass is 10.0. The molecule has 0 saturated carbocycles. The molecular formula is C37H71NO3. The van der Waals surface area contributed by atoms with Crippen LogP contribution >= 0.6 is 0 Å². The Morgan fingerprint density at radius 3 is 1.34 bits per heavy atom. The molecule has 41 heavy (non-hydrogen) atoms. The standard InChI is InChI=1S/C37H71NO3/c1-3-5-7-9-11-13-15-17-19-21-23-25-27-29-31-33-37(41)38-35(34-39)36(40)32-30-28-26-24-22-20-18-16-14-12-10-8-6-4-2/h17,19,30,32,35-36,39-40H,3-16,18,20-29,31,33-34H2,1-2H3,(H,38,41)/b19-17-,32-30+. The van der Waals surface area contributed by atoms with Gasteiger partial charge in [-0.25, -0.2) is 0 Å². The Morgan fingerprint density at radius 2 is 0.927 bits per heavy atom. The Bertz CT molecular complexity index is 589. The largest absolute Gasteiger partial charge is 0.394 e. The maximum atomic E-state index is 12.3. The lowest BCUT2D eigenvalue weighted by molar-refractivity contribution is -0.123. The average molecular weight is 578 g/mol. The molecule has 0 aliphatic heterocycles. The van der Waals surface area contributed by atoms with Gasteiger partial charge in [0.05, 0.1) is 18.8 Å². The molecule has 0 aliphatic rings. The third kappa shape index (κ3) is 30.1. The van der Waals surface area contributed by atoms with Crippen LogP contribution in [0.5, 0.6) is 0 Å². The number of carbonyl (C=O) groups is 1. The first-order valence-electron chi connectivity index (χ1n) is 18.1. The molecule has 0 fully saturated rings. The molecular weight excluding hydrogens is 506 g/mol. The number of nitrogens with one attached hydrogen (secondary N) is 1. The molecule has 0 heterocycles. The highest BCUT2D eigenvalue weighted by Gasteiger charge is 2.17. The van der Waals surface area contributed by atoms with Gasteiger partial charge in [-0.15, -0.1) is 0 Å². The fraction of sp³-hybridized carbons (Fsp3) is 0.865. The van der Waals surface area contributed by atoms with Crippen molar-refractivity contribution in [3.05, 3.63) is 24.3 Å². The fourth-order valence-electron chi connectivity index (χ4n) is 5.35. The highest BCUT2D eigenvalue weighted by Crippen LogP contribution is 2.13. The minimum Gasteiger partial charge on any atom is -0.394 e. The predicted molar refractivity (Wildman–Crippen MR) is 179 cm³/mol. The van der Waals surface area contributed by atoms with Crippen LogP contribution in [-0.2, 0) is 4.79 Å². The monoisotopic (exact) mass is 578 g/mol. The van der Waals surface area contributed by atoms with Crippen molar-refractivity contribution in [2.24, 2.45) is 0 Å². The molecule has 2 unspecified atom stereocenters. The van der Waals surface area contributed by atoms with E-state index in [1.165, 1.54) is 135 Å². The van der Waals surface area contributed by atoms with Gasteiger partial charge in [-0.2, -0.15) is 0 Å². The van der Waals surface area contributed by atoms with Crippen molar-refractivity contribution in [3.63, 3.8) is 0 Å². The van der Waals surface area contributed by atoms with Crippen molar-refractivity contribution in [3.8, 4) is 0 Å². The Hall–Kier alpha value is -1.13. The van der Waals surface area contributed by atoms with Gasteiger partial charge in [0, 0.05) is 6.42 Å². The summed E-state index contributed by atoms with van der Waals surface area (Å²) in [5.41, 5.74) is 0. The maximum Gasteiger partial charge on any atom is 0.220 e. The molecule has 0 bridgehead atoms. The summed E-state index contributed by atoms with van der Waals surface area (Å²) in [4.78, 5) is 12.3. The quantitative estimate of drug-likeness (QED) is 0.0550. The van der Waals surface area contributed by atoms with Crippen molar-refractivity contribution in [2.45, 2.75) is 199 Å². The van der Waals surface area contributed by atoms with Gasteiger partial charge in [0.1, 0.15) is 0 Å². The Kier molecular flexibility index (Phi) is 32.5. The molecule has 4 nitrogen and oxygen atoms in total. The first-order valence-corrected chi connectivity index (χ1v) is 18.1. The number of aliphatic hydroxyl groups is 2. The molecule has 4 heteroatoms. The summed E-state index contributed by atoms with van der Waals surface area (Å²) in [5.74, 6) is -0.0740. The number of unbranched alkanes of at least 4 members (excludes halogenated alkanes) is 23. The average Bonchev–Trinajstić information content (AvgIpc) is 2.97. The fourth-order valence-corrected chi connectivity index (χ4v) is 5.35. The van der Waals surface area contributed by atoms with Crippen LogP contribution in [0.1, 0.15) is 187 Å². The van der Waals surface area contributed by atoms with E-state index in [-0.39, 0.29) is 12.5 Å². The van der Waals surface area contributed by atoms with E-state index in [2.05, 4.69) is 31.3 Å². The van der Waals surface area contributed by atoms with E-state index in [4.69, 9.17) is 0 Å². The zero-order chi connectivity index (χ0) is 30.1. The van der Waals surface area contributed by atoms with Gasteiger partial charge in [-0.3, -0.25) is 4.79 Å². The molecule has 0 radical (unpaired) electrons. The molecule has 1 amide bonds. The molecule has 0 aromatic carbocycles. The lowest BCUT2D eigenvalue weighted by Gasteiger charge is -2.20. The second kappa shape index (κ2) is 33.4. The summed E-state index contributed by atoms with van der Waals surface area (Å²) in [7, 11) is 0. The molecule has 0 aromatic heterocycles. The number of hydrogen-bond acceptors (Lipinski definition) is 3. The number of amides is 1. The molecule has 2 atom stereocenters. The molecule has 3 N–H and O–H groups in total. The minimum absolute atomic E-state index is 0.0740. The zero-order valence-corrected chi connectivity index (χ0v) is 27.6. The van der Waals surface area contributed by atoms with Gasteiger partial charge in [-0.1, -0.05) is 160 Å². The van der Waals surface area contributed by atoms with Crippen molar-refractivity contribution in [1.29, 1.82) is 0 Å². The number of carbonyl (C=O) groups excluding carboxylic acids is 1. The number of aliphatic hydroxyl groups excluding tert-OH is 2. The predicted octanol–water partition coefficient (Wildman–Crippen LogP) is 10.5. The smallest absolute Gasteiger partial charge is 0.220 e. The Balaban J connectivity index is 3.64. The van der Waals surface area contributed by atoms with E-state index in [0.717, 1.165) is 32.1 Å². The van der Waals surface area contributed by atoms with E-state index in [9.17, 15) is 15.0 Å². The molecule has 242 valence electrons. The molecule has 0 aromatic rings. The van der Waals surface area contributed by atoms with Crippen LogP contribution in [-0.4, -0.2) is 34.9 Å². The third-order valence-electron chi connectivity index (χ3n) is 8.18. The van der Waals surface area contributed by atoms with Crippen LogP contribution in [0.4, 0.5) is 0 Å². The normalized spacial score (nSPS) is 13.4. The first kappa shape index (κ1) is 39.9. The van der Waals surface area contributed by atoms with Gasteiger partial charge < -0.3 is 15.5 Å². The minimum atomic E-state index is -0.838. The van der Waals surface area contributed by atoms with Gasteiger partial charge in [0.15, 0.2) is 0 Å². The summed E-state index contributed by atoms with van der Waals surface area (Å²) in [6.07, 6.45) is 41.1. The van der Waals surface area contributed by atoms with Crippen molar-refractivity contribution in [1.82, 2.24) is 5.32 Å². The zero-order valence-electron chi connectivity index (χ0n) is 27.6. The highest BCUT2D eigenvalue weighted by molar-refractivity contribution is 5.76. The third-order valence-corrected chi connectivity index (χ3v) is 8.18. The maximum absolute atomic E-state index is 12.3. The van der Waals surface area contributed by atoms with Crippen LogP contribution < -0.4 is 5.32 Å². The van der Waals surface area contributed by atoms with Gasteiger partial charge in [0.25, 0.3) is 0 Å². The van der Waals surface area contributed by atoms with Crippen molar-refractivity contribution < 1.29 is 15.0 Å². The molecule has 0 saturated heterocycles. The van der Waals surface area contributed by atoms with E-state index in [1.807, 2.05) is 6.08 Å². The summed E-state index contributed by atoms with van der Waals surface area (Å²) < 4.78 is 0. The number of rotatable bonds is 32. The van der Waals surface area contributed by atoms with Crippen molar-refractivity contribution >= 4 is 5.91 Å². The highest BCUT2D eigenvalue weighted by atomic mass is 16.3. The number of allylic oxidation sites excluding steroid dienone is 3. The van der Waals surface area contributed by atoms with Gasteiger partial charge in [-0.05, 0) is 44.9 Å². The van der Waals surface area contributed by atoms with Crippen LogP contribution in [0.3, 0.4) is 0 Å². The summed E-state index contributed by atoms with van der Waals surface area (Å²) in [5, 5.41) is 22.9. The molecule has 0 spiro atoms. The second-order valence-corrected chi connectivity index (χ2v) is 12.3. The molecule has 0 aliphatic carbocycles. The number of hydrogen-bond donors (Lipinski definition) is 3. The SMILES string of the molecule is CCCCCCCC/C=C\CCCCCCCC(=O)NC(CO)C(O)/C=C/CCCCCCCCCCCCCC.